The predicted octanol–water partition coefficient (Wildman–Crippen LogP) is 4.01. The molecule has 2 aromatic rings. The topological polar surface area (TPSA) is 61.8 Å². The lowest BCUT2D eigenvalue weighted by Gasteiger charge is -2.28. The predicted molar refractivity (Wildman–Crippen MR) is 136 cm³/mol. The minimum absolute atomic E-state index is 0. The number of benzene rings is 1. The van der Waals surface area contributed by atoms with Gasteiger partial charge in [-0.15, -0.1) is 35.3 Å². The summed E-state index contributed by atoms with van der Waals surface area (Å²) in [5, 5.41) is 10.1. The van der Waals surface area contributed by atoms with E-state index in [0.717, 1.165) is 55.0 Å². The molecule has 2 N–H and O–H groups in total. The van der Waals surface area contributed by atoms with Gasteiger partial charge in [0.2, 0.25) is 0 Å². The van der Waals surface area contributed by atoms with Crippen molar-refractivity contribution in [3.63, 3.8) is 0 Å². The van der Waals surface area contributed by atoms with E-state index in [1.165, 1.54) is 18.4 Å². The van der Waals surface area contributed by atoms with E-state index in [1.807, 2.05) is 19.1 Å². The van der Waals surface area contributed by atoms with E-state index in [9.17, 15) is 0 Å². The van der Waals surface area contributed by atoms with E-state index in [2.05, 4.69) is 45.0 Å². The number of ether oxygens (including phenoxy) is 1. The van der Waals surface area contributed by atoms with Gasteiger partial charge in [-0.1, -0.05) is 18.2 Å². The molecule has 0 radical (unpaired) electrons. The zero-order chi connectivity index (χ0) is 20.5. The Balaban J connectivity index is 0.00000320. The highest BCUT2D eigenvalue weighted by molar-refractivity contribution is 14.0. The number of hydrogen-bond acceptors (Lipinski definition) is 5. The molecule has 166 valence electrons. The van der Waals surface area contributed by atoms with Crippen LogP contribution in [-0.4, -0.2) is 55.7 Å². The fourth-order valence-corrected chi connectivity index (χ4v) is 4.40. The SMILES string of the molecule is CCNC(=NCC(c1ccccc1OC)N1CCCC1)NCCc1csc(C)n1.I. The zero-order valence-corrected chi connectivity index (χ0v) is 21.3. The molecule has 6 nitrogen and oxygen atoms in total. The molecule has 0 aliphatic carbocycles. The number of guanidine groups is 1. The van der Waals surface area contributed by atoms with Crippen molar-refractivity contribution in [2.75, 3.05) is 39.8 Å². The Morgan fingerprint density at radius 1 is 1.27 bits per heavy atom. The number of methoxy groups -OCH3 is 1. The average molecular weight is 544 g/mol. The number of aromatic nitrogens is 1. The molecule has 1 aliphatic rings. The molecule has 1 fully saturated rings. The van der Waals surface area contributed by atoms with Gasteiger partial charge in [-0.25, -0.2) is 4.98 Å². The maximum atomic E-state index is 5.64. The molecule has 0 spiro atoms. The molecule has 1 aromatic carbocycles. The number of aliphatic imine (C=N–C) groups is 1. The summed E-state index contributed by atoms with van der Waals surface area (Å²) in [5.41, 5.74) is 2.36. The Morgan fingerprint density at radius 3 is 2.70 bits per heavy atom. The number of nitrogens with one attached hydrogen (secondary N) is 2. The van der Waals surface area contributed by atoms with Crippen LogP contribution in [-0.2, 0) is 6.42 Å². The van der Waals surface area contributed by atoms with Crippen LogP contribution in [0.15, 0.2) is 34.6 Å². The number of halogens is 1. The molecule has 3 rings (SSSR count). The second kappa shape index (κ2) is 13.1. The number of rotatable bonds is 9. The first-order chi connectivity index (χ1) is 14.2. The fourth-order valence-electron chi connectivity index (χ4n) is 3.76. The van der Waals surface area contributed by atoms with Crippen molar-refractivity contribution in [1.82, 2.24) is 20.5 Å². The Morgan fingerprint density at radius 2 is 2.03 bits per heavy atom. The lowest BCUT2D eigenvalue weighted by atomic mass is 10.0. The summed E-state index contributed by atoms with van der Waals surface area (Å²) in [6.45, 7) is 8.73. The molecule has 0 saturated carbocycles. The number of hydrogen-bond donors (Lipinski definition) is 2. The molecule has 1 aliphatic heterocycles. The van der Waals surface area contributed by atoms with Gasteiger partial charge in [-0.05, 0) is 45.8 Å². The largest absolute Gasteiger partial charge is 0.496 e. The van der Waals surface area contributed by atoms with Gasteiger partial charge in [0.1, 0.15) is 5.75 Å². The highest BCUT2D eigenvalue weighted by atomic mass is 127. The first kappa shape index (κ1) is 24.9. The van der Waals surface area contributed by atoms with E-state index < -0.39 is 0 Å². The van der Waals surface area contributed by atoms with Gasteiger partial charge in [-0.2, -0.15) is 0 Å². The highest BCUT2D eigenvalue weighted by Crippen LogP contribution is 2.31. The van der Waals surface area contributed by atoms with Gasteiger partial charge in [-0.3, -0.25) is 9.89 Å². The third-order valence-corrected chi connectivity index (χ3v) is 6.01. The lowest BCUT2D eigenvalue weighted by Crippen LogP contribution is -2.39. The second-order valence-corrected chi connectivity index (χ2v) is 8.32. The fraction of sp³-hybridized carbons (Fsp3) is 0.545. The molecular formula is C22H34IN5OS. The van der Waals surface area contributed by atoms with Crippen LogP contribution < -0.4 is 15.4 Å². The smallest absolute Gasteiger partial charge is 0.191 e. The monoisotopic (exact) mass is 543 g/mol. The van der Waals surface area contributed by atoms with Gasteiger partial charge in [0.15, 0.2) is 5.96 Å². The van der Waals surface area contributed by atoms with Crippen molar-refractivity contribution in [3.05, 3.63) is 45.9 Å². The first-order valence-electron chi connectivity index (χ1n) is 10.5. The number of para-hydroxylation sites is 1. The summed E-state index contributed by atoms with van der Waals surface area (Å²) in [4.78, 5) is 12.0. The third kappa shape index (κ3) is 7.09. The van der Waals surface area contributed by atoms with E-state index in [0.29, 0.717) is 6.54 Å². The third-order valence-electron chi connectivity index (χ3n) is 5.19. The van der Waals surface area contributed by atoms with Gasteiger partial charge < -0.3 is 15.4 Å². The van der Waals surface area contributed by atoms with Crippen molar-refractivity contribution in [3.8, 4) is 5.75 Å². The number of likely N-dealkylation sites (tertiary alicyclic amines) is 1. The molecule has 8 heteroatoms. The van der Waals surface area contributed by atoms with Crippen LogP contribution in [0.5, 0.6) is 5.75 Å². The minimum Gasteiger partial charge on any atom is -0.496 e. The Bertz CT molecular complexity index is 791. The average Bonchev–Trinajstić information content (AvgIpc) is 3.40. The Labute approximate surface area is 201 Å². The van der Waals surface area contributed by atoms with E-state index >= 15 is 0 Å². The van der Waals surface area contributed by atoms with Crippen LogP contribution in [0.25, 0.3) is 0 Å². The van der Waals surface area contributed by atoms with E-state index in [-0.39, 0.29) is 30.0 Å². The normalized spacial score (nSPS) is 15.5. The molecule has 0 bridgehead atoms. The molecule has 0 amide bonds. The molecule has 2 heterocycles. The summed E-state index contributed by atoms with van der Waals surface area (Å²) >= 11 is 1.70. The van der Waals surface area contributed by atoms with Gasteiger partial charge in [0, 0.05) is 30.5 Å². The molecule has 1 atom stereocenters. The number of aryl methyl sites for hydroxylation is 1. The van der Waals surface area contributed by atoms with Crippen LogP contribution in [0.2, 0.25) is 0 Å². The quantitative estimate of drug-likeness (QED) is 0.285. The van der Waals surface area contributed by atoms with Crippen molar-refractivity contribution in [2.45, 2.75) is 39.2 Å². The number of nitrogens with zero attached hydrogens (tertiary/aromatic N) is 3. The molecule has 1 unspecified atom stereocenters. The maximum Gasteiger partial charge on any atom is 0.191 e. The summed E-state index contributed by atoms with van der Waals surface area (Å²) < 4.78 is 5.64. The molecular weight excluding hydrogens is 509 g/mol. The second-order valence-electron chi connectivity index (χ2n) is 7.26. The Hall–Kier alpha value is -1.39. The first-order valence-corrected chi connectivity index (χ1v) is 11.4. The summed E-state index contributed by atoms with van der Waals surface area (Å²) in [5.74, 6) is 1.80. The zero-order valence-electron chi connectivity index (χ0n) is 18.2. The van der Waals surface area contributed by atoms with Gasteiger partial charge in [0.05, 0.1) is 30.4 Å². The molecule has 30 heavy (non-hydrogen) atoms. The maximum absolute atomic E-state index is 5.64. The van der Waals surface area contributed by atoms with Gasteiger partial charge in [0.25, 0.3) is 0 Å². The van der Waals surface area contributed by atoms with Crippen LogP contribution in [0.3, 0.4) is 0 Å². The van der Waals surface area contributed by atoms with Crippen molar-refractivity contribution < 1.29 is 4.74 Å². The minimum atomic E-state index is 0. The van der Waals surface area contributed by atoms with Crippen molar-refractivity contribution in [2.24, 2.45) is 4.99 Å². The Kier molecular flexibility index (Phi) is 10.9. The standard InChI is InChI=1S/C22H33N5OS.HI/c1-4-23-22(24-12-11-18-16-29-17(2)26-18)25-15-20(27-13-7-8-14-27)19-9-5-6-10-21(19)28-3;/h5-6,9-10,16,20H,4,7-8,11-15H2,1-3H3,(H2,23,24,25);1H. The van der Waals surface area contributed by atoms with Gasteiger partial charge >= 0.3 is 0 Å². The molecule has 1 saturated heterocycles. The van der Waals surface area contributed by atoms with Crippen LogP contribution in [0.4, 0.5) is 0 Å². The molecule has 1 aromatic heterocycles. The summed E-state index contributed by atoms with van der Waals surface area (Å²) in [6.07, 6.45) is 3.40. The van der Waals surface area contributed by atoms with E-state index in [4.69, 9.17) is 9.73 Å². The highest BCUT2D eigenvalue weighted by Gasteiger charge is 2.25. The summed E-state index contributed by atoms with van der Waals surface area (Å²) in [6, 6.07) is 8.55. The number of thiazole rings is 1. The van der Waals surface area contributed by atoms with Crippen LogP contribution >= 0.6 is 35.3 Å². The van der Waals surface area contributed by atoms with Crippen LogP contribution in [0, 0.1) is 6.92 Å². The van der Waals surface area contributed by atoms with Crippen molar-refractivity contribution in [1.29, 1.82) is 0 Å². The van der Waals surface area contributed by atoms with Crippen LogP contribution in [0.1, 0.15) is 42.1 Å². The summed E-state index contributed by atoms with van der Waals surface area (Å²) in [7, 11) is 1.74. The van der Waals surface area contributed by atoms with Crippen molar-refractivity contribution >= 4 is 41.3 Å². The lowest BCUT2D eigenvalue weighted by molar-refractivity contribution is 0.245. The van der Waals surface area contributed by atoms with E-state index in [1.54, 1.807) is 18.4 Å².